The zero-order chi connectivity index (χ0) is 71.8. The average molecular weight is 1480 g/mol. The Kier molecular flexibility index (Phi) is 39.0. The number of carbonyl (C=O) groups excluding carboxylic acids is 7. The van der Waals surface area contributed by atoms with E-state index in [0.29, 0.717) is 72.5 Å². The maximum absolute atomic E-state index is 14.5. The number of urea groups is 1. The van der Waals surface area contributed by atoms with E-state index in [1.54, 1.807) is 41.3 Å². The molecule has 3 rings (SSSR count). The second kappa shape index (κ2) is 45.8. The van der Waals surface area contributed by atoms with Crippen molar-refractivity contribution in [1.29, 1.82) is 0 Å². The van der Waals surface area contributed by atoms with Crippen molar-refractivity contribution in [1.82, 2.24) is 56.8 Å². The third-order valence-corrected chi connectivity index (χ3v) is 16.6. The number of aromatic hydroxyl groups is 1. The molecule has 0 radical (unpaired) electrons. The predicted molar refractivity (Wildman–Crippen MR) is 354 cm³/mol. The minimum Gasteiger partial charge on any atom is -0.507 e. The van der Waals surface area contributed by atoms with Crippen molar-refractivity contribution in [2.24, 2.45) is 0 Å². The smallest absolute Gasteiger partial charge is 0.326 e. The lowest BCUT2D eigenvalue weighted by Crippen LogP contribution is -2.57. The van der Waals surface area contributed by atoms with Crippen LogP contribution >= 0.6 is 22.6 Å². The highest BCUT2D eigenvalue weighted by Crippen LogP contribution is 2.22. The Morgan fingerprint density at radius 1 is 0.443 bits per heavy atom. The number of carbonyl (C=O) groups is 14. The highest BCUT2D eigenvalue weighted by Gasteiger charge is 2.33. The second-order valence-electron chi connectivity index (χ2n) is 23.5. The summed E-state index contributed by atoms with van der Waals surface area (Å²) in [5.41, 5.74) is 1.04. The molecule has 15 N–H and O–H groups in total. The number of amides is 7. The topological polar surface area (TPSA) is 498 Å². The largest absolute Gasteiger partial charge is 0.507 e. The van der Waals surface area contributed by atoms with Crippen LogP contribution in [0, 0.1) is 3.57 Å². The summed E-state index contributed by atoms with van der Waals surface area (Å²) in [5, 5.41) is 96.0. The molecule has 2 aromatic carbocycles. The monoisotopic (exact) mass is 1480 g/mol. The third-order valence-electron chi connectivity index (χ3n) is 15.7. The van der Waals surface area contributed by atoms with Gasteiger partial charge in [-0.3, -0.25) is 67.5 Å². The van der Waals surface area contributed by atoms with Gasteiger partial charge in [0.1, 0.15) is 42.2 Å². The molecule has 7 amide bonds. The van der Waals surface area contributed by atoms with Crippen molar-refractivity contribution >= 4 is 106 Å². The molecular weight excluding hydrogens is 1390 g/mol. The Morgan fingerprint density at radius 3 is 1.39 bits per heavy atom. The molecule has 0 aromatic heterocycles. The molecular formula is C63H92IN11O22. The number of nitrogens with zero attached hydrogens (tertiary/aromatic N) is 4. The van der Waals surface area contributed by atoms with Gasteiger partial charge in [-0.2, -0.15) is 0 Å². The van der Waals surface area contributed by atoms with Gasteiger partial charge in [0.05, 0.1) is 29.2 Å². The quantitative estimate of drug-likeness (QED) is 0.0238. The third kappa shape index (κ3) is 35.8. The van der Waals surface area contributed by atoms with Crippen LogP contribution in [0.5, 0.6) is 5.75 Å². The van der Waals surface area contributed by atoms with Gasteiger partial charge in [0, 0.05) is 104 Å². The van der Waals surface area contributed by atoms with Crippen molar-refractivity contribution in [2.75, 3.05) is 85.1 Å². The standard InChI is InChI=1S/C63H92IN11O22/c64-44-34-42(18-21-50(44)77)36-47(68-53(80)22-20-49(62(95)96)75-32-30-73(38-56(85)86)28-26-72(37-55(83)84)27-29-74(31-33-75)39-57(87)88)58(89)70-48(35-41-12-4-3-5-13-41)59(90)69-45(60(91)92)15-9-11-25-66-52(79)17-7-2-1-6-16-51(78)65-24-10-8-14-43(40-76)67-63(97)71-46(61(93)94)19-23-54(81)82/h3-5,12-13,18,21,34,40,43,45-49,77H,1-2,6-11,14-17,19-20,22-33,35-39H2,(H,65,78)(H,66,79)(H,68,80)(H,69,90)(H,70,89)(H,81,82)(H,83,84)(H,85,86)(H,87,88)(H,91,92)(H,93,94)(H,95,96)(H2,67,71,97)/t43-,45+,46-,47+,48+,49?/m0/s1. The number of hydrogen-bond acceptors (Lipinski definition) is 19. The molecule has 0 saturated carbocycles. The number of carboxylic acid groups (broad SMARTS) is 7. The Hall–Kier alpha value is -8.61. The molecule has 1 aliphatic heterocycles. The van der Waals surface area contributed by atoms with Crippen LogP contribution < -0.4 is 37.2 Å². The Bertz CT molecular complexity index is 2920. The van der Waals surface area contributed by atoms with Gasteiger partial charge in [-0.1, -0.05) is 49.2 Å². The van der Waals surface area contributed by atoms with Gasteiger partial charge in [-0.25, -0.2) is 14.4 Å². The average Bonchev–Trinajstić information content (AvgIpc) is 0.874. The molecule has 1 unspecified atom stereocenters. The van der Waals surface area contributed by atoms with Crippen LogP contribution in [0.2, 0.25) is 0 Å². The summed E-state index contributed by atoms with van der Waals surface area (Å²) in [6.45, 7) is -0.549. The van der Waals surface area contributed by atoms with Gasteiger partial charge in [0.25, 0.3) is 0 Å². The molecule has 1 saturated heterocycles. The predicted octanol–water partition coefficient (Wildman–Crippen LogP) is 0.128. The Balaban J connectivity index is 1.57. The van der Waals surface area contributed by atoms with Crippen LogP contribution in [0.15, 0.2) is 48.5 Å². The molecule has 1 heterocycles. The van der Waals surface area contributed by atoms with E-state index in [4.69, 9.17) is 5.11 Å². The zero-order valence-corrected chi connectivity index (χ0v) is 56.2. The molecule has 0 aliphatic carbocycles. The van der Waals surface area contributed by atoms with Gasteiger partial charge in [0.15, 0.2) is 0 Å². The number of benzene rings is 2. The number of phenolic OH excluding ortho intramolecular Hbond substituents is 1. The van der Waals surface area contributed by atoms with Crippen molar-refractivity contribution in [2.45, 2.75) is 152 Å². The van der Waals surface area contributed by atoms with Gasteiger partial charge in [-0.15, -0.1) is 0 Å². The van der Waals surface area contributed by atoms with Gasteiger partial charge in [0.2, 0.25) is 29.5 Å². The molecule has 1 fully saturated rings. The van der Waals surface area contributed by atoms with E-state index in [9.17, 15) is 103 Å². The summed E-state index contributed by atoms with van der Waals surface area (Å²) >= 11 is 1.87. The van der Waals surface area contributed by atoms with Crippen LogP contribution in [0.4, 0.5) is 4.79 Å². The van der Waals surface area contributed by atoms with Crippen LogP contribution in [-0.2, 0) is 75.2 Å². The molecule has 2 aromatic rings. The van der Waals surface area contributed by atoms with Crippen LogP contribution in [0.25, 0.3) is 0 Å². The summed E-state index contributed by atoms with van der Waals surface area (Å²) < 4.78 is 0.405. The molecule has 97 heavy (non-hydrogen) atoms. The molecule has 1 aliphatic rings. The van der Waals surface area contributed by atoms with E-state index in [1.807, 2.05) is 22.6 Å². The first kappa shape index (κ1) is 82.6. The summed E-state index contributed by atoms with van der Waals surface area (Å²) in [5.74, 6) is -11.9. The number of carboxylic acids is 7. The number of hydrogen-bond donors (Lipinski definition) is 15. The van der Waals surface area contributed by atoms with Crippen molar-refractivity contribution < 1.29 is 108 Å². The highest BCUT2D eigenvalue weighted by atomic mass is 127. The molecule has 33 nitrogen and oxygen atoms in total. The summed E-state index contributed by atoms with van der Waals surface area (Å²) in [6.07, 6.45) is 3.07. The maximum Gasteiger partial charge on any atom is 0.326 e. The number of nitrogens with one attached hydrogen (secondary N) is 7. The molecule has 538 valence electrons. The highest BCUT2D eigenvalue weighted by molar-refractivity contribution is 14.1. The normalized spacial score (nSPS) is 15.4. The zero-order valence-electron chi connectivity index (χ0n) is 54.0. The van der Waals surface area contributed by atoms with E-state index < -0.39 is 128 Å². The SMILES string of the molecule is O=C[C@H](CCCCNC(=O)CCCCCCC(=O)NCCCC[C@@H](NC(=O)[C@@H](Cc1ccccc1)NC(=O)[C@@H](Cc1ccc(O)c(I)c1)NC(=O)CCC(C(=O)O)N1CCN(CC(=O)O)CCN(CC(=O)O)CCN(CC(=O)O)CC1)C(=O)O)NC(=O)N[C@@H](CCC(=O)O)C(=O)O. The van der Waals surface area contributed by atoms with E-state index in [1.165, 1.54) is 26.8 Å². The number of aldehydes is 1. The number of rotatable bonds is 45. The van der Waals surface area contributed by atoms with Crippen molar-refractivity contribution in [3.05, 3.63) is 63.2 Å². The number of aliphatic carboxylic acids is 7. The molecule has 0 bridgehead atoms. The van der Waals surface area contributed by atoms with Crippen molar-refractivity contribution in [3.63, 3.8) is 0 Å². The van der Waals surface area contributed by atoms with Crippen LogP contribution in [0.1, 0.15) is 114 Å². The number of phenols is 1. The van der Waals surface area contributed by atoms with Gasteiger partial charge in [-0.05, 0) is 110 Å². The lowest BCUT2D eigenvalue weighted by atomic mass is 10.0. The van der Waals surface area contributed by atoms with Gasteiger partial charge >= 0.3 is 47.8 Å². The fraction of sp³-hybridized carbons (Fsp3) is 0.587. The first-order valence-corrected chi connectivity index (χ1v) is 33.1. The van der Waals surface area contributed by atoms with Gasteiger partial charge < -0.3 is 82.9 Å². The Morgan fingerprint density at radius 2 is 0.918 bits per heavy atom. The summed E-state index contributed by atoms with van der Waals surface area (Å²) in [6, 6.07) is 3.95. The van der Waals surface area contributed by atoms with Crippen LogP contribution in [0.3, 0.4) is 0 Å². The minimum atomic E-state index is -1.46. The number of unbranched alkanes of at least 4 members (excludes halogenated alkanes) is 5. The van der Waals surface area contributed by atoms with Crippen LogP contribution in [-0.4, -0.2) is 265 Å². The molecule has 6 atom stereocenters. The lowest BCUT2D eigenvalue weighted by Gasteiger charge is -2.35. The summed E-state index contributed by atoms with van der Waals surface area (Å²) in [7, 11) is 0. The maximum atomic E-state index is 14.5. The van der Waals surface area contributed by atoms with E-state index in [0.717, 1.165) is 0 Å². The van der Waals surface area contributed by atoms with E-state index in [-0.39, 0.29) is 141 Å². The van der Waals surface area contributed by atoms with Crippen molar-refractivity contribution in [3.8, 4) is 5.75 Å². The fourth-order valence-corrected chi connectivity index (χ4v) is 11.1. The second-order valence-corrected chi connectivity index (χ2v) is 24.7. The minimum absolute atomic E-state index is 0.00200. The molecule has 34 heteroatoms. The first-order valence-electron chi connectivity index (χ1n) is 32.1. The first-order chi connectivity index (χ1) is 46.1. The van der Waals surface area contributed by atoms with E-state index >= 15 is 0 Å². The van der Waals surface area contributed by atoms with E-state index in [2.05, 4.69) is 37.2 Å². The molecule has 0 spiro atoms. The summed E-state index contributed by atoms with van der Waals surface area (Å²) in [4.78, 5) is 181. The lowest BCUT2D eigenvalue weighted by molar-refractivity contribution is -0.145. The Labute approximate surface area is 574 Å². The number of halogens is 1. The fourth-order valence-electron chi connectivity index (χ4n) is 10.5.